The van der Waals surface area contributed by atoms with E-state index in [4.69, 9.17) is 0 Å². The molecule has 2 aliphatic heterocycles. The number of fused-ring (bicyclic) bond motifs is 1. The van der Waals surface area contributed by atoms with E-state index in [1.165, 1.54) is 11.1 Å². The Hall–Kier alpha value is -2.47. The van der Waals surface area contributed by atoms with E-state index in [1.807, 2.05) is 6.07 Å². The Morgan fingerprint density at radius 1 is 1.18 bits per heavy atom. The monoisotopic (exact) mass is 379 g/mol. The topological polar surface area (TPSA) is 61.4 Å². The summed E-state index contributed by atoms with van der Waals surface area (Å²) in [7, 11) is 0. The molecular formula is C22H29N5O. The first-order valence-electron chi connectivity index (χ1n) is 10.3. The lowest BCUT2D eigenvalue weighted by Crippen LogP contribution is -2.48. The summed E-state index contributed by atoms with van der Waals surface area (Å²) in [5.74, 6) is 0.886. The number of carbonyl (C=O) groups is 1. The number of carbonyl (C=O) groups excluding carboxylic acids is 1. The second-order valence-corrected chi connectivity index (χ2v) is 7.92. The van der Waals surface area contributed by atoms with Crippen LogP contribution in [0, 0.1) is 5.92 Å². The highest BCUT2D eigenvalue weighted by molar-refractivity contribution is 5.79. The highest BCUT2D eigenvalue weighted by Gasteiger charge is 2.28. The zero-order chi connectivity index (χ0) is 19.3. The van der Waals surface area contributed by atoms with E-state index in [2.05, 4.69) is 56.3 Å². The molecule has 2 atom stereocenters. The largest absolute Gasteiger partial charge is 0.354 e. The van der Waals surface area contributed by atoms with Gasteiger partial charge in [-0.25, -0.2) is 9.97 Å². The first-order valence-corrected chi connectivity index (χ1v) is 10.3. The van der Waals surface area contributed by atoms with Crippen molar-refractivity contribution in [2.75, 3.05) is 31.1 Å². The third-order valence-corrected chi connectivity index (χ3v) is 5.98. The molecule has 4 rings (SSSR count). The summed E-state index contributed by atoms with van der Waals surface area (Å²) in [5, 5.41) is 3.20. The Kier molecular flexibility index (Phi) is 5.86. The maximum atomic E-state index is 12.8. The van der Waals surface area contributed by atoms with Crippen molar-refractivity contribution in [3.63, 3.8) is 0 Å². The van der Waals surface area contributed by atoms with E-state index in [0.717, 1.165) is 44.8 Å². The van der Waals surface area contributed by atoms with Gasteiger partial charge in [0.05, 0.1) is 5.92 Å². The van der Waals surface area contributed by atoms with Crippen LogP contribution < -0.4 is 10.2 Å². The molecule has 0 radical (unpaired) electrons. The van der Waals surface area contributed by atoms with Gasteiger partial charge in [-0.2, -0.15) is 0 Å². The number of hydrogen-bond donors (Lipinski definition) is 1. The van der Waals surface area contributed by atoms with Crippen molar-refractivity contribution in [2.24, 2.45) is 5.92 Å². The molecule has 3 heterocycles. The molecule has 0 aliphatic carbocycles. The molecule has 6 heteroatoms. The summed E-state index contributed by atoms with van der Waals surface area (Å²) >= 11 is 0. The molecule has 6 nitrogen and oxygen atoms in total. The van der Waals surface area contributed by atoms with Crippen molar-refractivity contribution in [1.29, 1.82) is 0 Å². The van der Waals surface area contributed by atoms with Gasteiger partial charge in [0.25, 0.3) is 0 Å². The number of aromatic nitrogens is 2. The molecule has 2 aromatic rings. The van der Waals surface area contributed by atoms with Crippen molar-refractivity contribution in [3.05, 3.63) is 53.9 Å². The molecule has 1 aromatic heterocycles. The van der Waals surface area contributed by atoms with Crippen LogP contribution in [0.5, 0.6) is 0 Å². The van der Waals surface area contributed by atoms with E-state index < -0.39 is 0 Å². The van der Waals surface area contributed by atoms with E-state index in [1.54, 1.807) is 12.4 Å². The molecule has 1 aromatic carbocycles. The highest BCUT2D eigenvalue weighted by atomic mass is 16.1. The van der Waals surface area contributed by atoms with Crippen LogP contribution in [-0.2, 0) is 17.8 Å². The van der Waals surface area contributed by atoms with Gasteiger partial charge in [0.2, 0.25) is 11.9 Å². The number of anilines is 1. The second-order valence-electron chi connectivity index (χ2n) is 7.92. The minimum atomic E-state index is 0.00633. The smallest absolute Gasteiger partial charge is 0.225 e. The summed E-state index contributed by atoms with van der Waals surface area (Å²) in [4.78, 5) is 26.0. The fourth-order valence-corrected chi connectivity index (χ4v) is 4.24. The van der Waals surface area contributed by atoms with Gasteiger partial charge in [-0.15, -0.1) is 0 Å². The Morgan fingerprint density at radius 3 is 2.79 bits per heavy atom. The van der Waals surface area contributed by atoms with Crippen LogP contribution in [0.2, 0.25) is 0 Å². The van der Waals surface area contributed by atoms with Crippen LogP contribution in [-0.4, -0.2) is 53.0 Å². The average molecular weight is 380 g/mol. The minimum Gasteiger partial charge on any atom is -0.354 e. The molecule has 0 saturated carbocycles. The SMILES string of the molecule is CC(CNC(=O)C1CCCN(c2ncccn2)C1)N1CCc2ccccc2C1. The number of amides is 1. The summed E-state index contributed by atoms with van der Waals surface area (Å²) < 4.78 is 0. The van der Waals surface area contributed by atoms with Crippen molar-refractivity contribution >= 4 is 11.9 Å². The predicted molar refractivity (Wildman–Crippen MR) is 110 cm³/mol. The molecule has 148 valence electrons. The van der Waals surface area contributed by atoms with Crippen molar-refractivity contribution in [2.45, 2.75) is 38.8 Å². The first-order chi connectivity index (χ1) is 13.7. The normalized spacial score (nSPS) is 21.0. The van der Waals surface area contributed by atoms with Gasteiger partial charge in [-0.05, 0) is 43.4 Å². The third-order valence-electron chi connectivity index (χ3n) is 5.98. The number of nitrogens with one attached hydrogen (secondary N) is 1. The number of nitrogens with zero attached hydrogens (tertiary/aromatic N) is 4. The maximum Gasteiger partial charge on any atom is 0.225 e. The van der Waals surface area contributed by atoms with Crippen LogP contribution in [0.4, 0.5) is 5.95 Å². The van der Waals surface area contributed by atoms with Gasteiger partial charge in [-0.1, -0.05) is 24.3 Å². The summed E-state index contributed by atoms with van der Waals surface area (Å²) in [6.07, 6.45) is 6.52. The Balaban J connectivity index is 1.28. The van der Waals surface area contributed by atoms with Gasteiger partial charge < -0.3 is 10.2 Å². The van der Waals surface area contributed by atoms with Gasteiger partial charge in [0, 0.05) is 51.2 Å². The van der Waals surface area contributed by atoms with Crippen LogP contribution in [0.3, 0.4) is 0 Å². The lowest BCUT2D eigenvalue weighted by molar-refractivity contribution is -0.125. The fourth-order valence-electron chi connectivity index (χ4n) is 4.24. The quantitative estimate of drug-likeness (QED) is 0.863. The Labute approximate surface area is 167 Å². The number of benzene rings is 1. The maximum absolute atomic E-state index is 12.8. The van der Waals surface area contributed by atoms with Crippen molar-refractivity contribution < 1.29 is 4.79 Å². The number of hydrogen-bond acceptors (Lipinski definition) is 5. The van der Waals surface area contributed by atoms with Crippen LogP contribution in [0.25, 0.3) is 0 Å². The van der Waals surface area contributed by atoms with E-state index >= 15 is 0 Å². The van der Waals surface area contributed by atoms with E-state index in [-0.39, 0.29) is 11.8 Å². The molecule has 2 unspecified atom stereocenters. The average Bonchev–Trinajstić information content (AvgIpc) is 2.77. The van der Waals surface area contributed by atoms with Crippen molar-refractivity contribution in [1.82, 2.24) is 20.2 Å². The molecule has 1 fully saturated rings. The molecular weight excluding hydrogens is 350 g/mol. The molecule has 1 N–H and O–H groups in total. The molecule has 1 saturated heterocycles. The third kappa shape index (κ3) is 4.33. The van der Waals surface area contributed by atoms with Gasteiger partial charge in [0.1, 0.15) is 0 Å². The highest BCUT2D eigenvalue weighted by Crippen LogP contribution is 2.21. The summed E-state index contributed by atoms with van der Waals surface area (Å²) in [6, 6.07) is 10.8. The molecule has 2 aliphatic rings. The zero-order valence-electron chi connectivity index (χ0n) is 16.6. The molecule has 1 amide bonds. The van der Waals surface area contributed by atoms with E-state index in [9.17, 15) is 4.79 Å². The Morgan fingerprint density at radius 2 is 1.96 bits per heavy atom. The Bertz CT molecular complexity index is 797. The molecule has 0 spiro atoms. The van der Waals surface area contributed by atoms with Gasteiger partial charge in [-0.3, -0.25) is 9.69 Å². The number of rotatable bonds is 5. The van der Waals surface area contributed by atoms with Crippen LogP contribution >= 0.6 is 0 Å². The standard InChI is InChI=1S/C22H29N5O/c1-17(26-13-9-18-6-2-3-7-19(18)15-26)14-25-21(28)20-8-4-12-27(16-20)22-23-10-5-11-24-22/h2-3,5-7,10-11,17,20H,4,8-9,12-16H2,1H3,(H,25,28). The predicted octanol–water partition coefficient (Wildman–Crippen LogP) is 2.26. The lowest BCUT2D eigenvalue weighted by Gasteiger charge is -2.35. The van der Waals surface area contributed by atoms with Gasteiger partial charge in [0.15, 0.2) is 0 Å². The summed E-state index contributed by atoms with van der Waals surface area (Å²) in [6.45, 7) is 6.53. The lowest BCUT2D eigenvalue weighted by atomic mass is 9.97. The minimum absolute atomic E-state index is 0.00633. The van der Waals surface area contributed by atoms with Crippen LogP contribution in [0.15, 0.2) is 42.7 Å². The van der Waals surface area contributed by atoms with Crippen LogP contribution in [0.1, 0.15) is 30.9 Å². The van der Waals surface area contributed by atoms with Crippen molar-refractivity contribution in [3.8, 4) is 0 Å². The second kappa shape index (κ2) is 8.69. The van der Waals surface area contributed by atoms with Gasteiger partial charge >= 0.3 is 0 Å². The fraction of sp³-hybridized carbons (Fsp3) is 0.500. The molecule has 28 heavy (non-hydrogen) atoms. The summed E-state index contributed by atoms with van der Waals surface area (Å²) in [5.41, 5.74) is 2.87. The number of piperidine rings is 1. The van der Waals surface area contributed by atoms with E-state index in [0.29, 0.717) is 19.1 Å². The zero-order valence-corrected chi connectivity index (χ0v) is 16.6. The first kappa shape index (κ1) is 18.9. The molecule has 0 bridgehead atoms.